The van der Waals surface area contributed by atoms with Gasteiger partial charge in [-0.25, -0.2) is 9.18 Å². The normalized spacial score (nSPS) is 17.0. The third-order valence-corrected chi connectivity index (χ3v) is 5.60. The molecule has 1 unspecified atom stereocenters. The summed E-state index contributed by atoms with van der Waals surface area (Å²) in [5.41, 5.74) is 1.32. The molecule has 126 valence electrons. The summed E-state index contributed by atoms with van der Waals surface area (Å²) >= 11 is 1.59. The molecule has 1 aliphatic rings. The van der Waals surface area contributed by atoms with Crippen molar-refractivity contribution in [2.24, 2.45) is 0 Å². The van der Waals surface area contributed by atoms with Gasteiger partial charge in [0.2, 0.25) is 0 Å². The minimum Gasteiger partial charge on any atom is -0.307 e. The van der Waals surface area contributed by atoms with Crippen LogP contribution in [0.25, 0.3) is 10.8 Å². The molecule has 5 heteroatoms. The zero-order chi connectivity index (χ0) is 17.2. The maximum absolute atomic E-state index is 14.1. The van der Waals surface area contributed by atoms with Gasteiger partial charge in [0.25, 0.3) is 0 Å². The summed E-state index contributed by atoms with van der Waals surface area (Å²) in [6.45, 7) is 0.597. The second kappa shape index (κ2) is 6.76. The van der Waals surface area contributed by atoms with Gasteiger partial charge in [0, 0.05) is 23.2 Å². The average Bonchev–Trinajstić information content (AvgIpc) is 3.12. The molecule has 0 saturated carbocycles. The molecule has 0 aliphatic carbocycles. The van der Waals surface area contributed by atoms with Gasteiger partial charge < -0.3 is 10.2 Å². The highest BCUT2D eigenvalue weighted by Gasteiger charge is 2.32. The first-order valence-corrected chi connectivity index (χ1v) is 9.20. The van der Waals surface area contributed by atoms with Crippen molar-refractivity contribution in [3.8, 4) is 0 Å². The lowest BCUT2D eigenvalue weighted by Crippen LogP contribution is -2.34. The summed E-state index contributed by atoms with van der Waals surface area (Å²) in [6, 6.07) is 20.2. The third-order valence-electron chi connectivity index (χ3n) is 4.35. The molecule has 1 saturated heterocycles. The van der Waals surface area contributed by atoms with Crippen LogP contribution in [0.3, 0.4) is 0 Å². The SMILES string of the molecule is O=C(Nc1cccc2ccccc12)N1CCSC1c1ccccc1F. The second-order valence-electron chi connectivity index (χ2n) is 5.89. The number of nitrogens with zero attached hydrogens (tertiary/aromatic N) is 1. The van der Waals surface area contributed by atoms with Crippen LogP contribution in [-0.4, -0.2) is 23.2 Å². The average molecular weight is 352 g/mol. The van der Waals surface area contributed by atoms with Crippen LogP contribution in [0.4, 0.5) is 14.9 Å². The number of hydrogen-bond donors (Lipinski definition) is 1. The zero-order valence-corrected chi connectivity index (χ0v) is 14.3. The van der Waals surface area contributed by atoms with Gasteiger partial charge in [-0.15, -0.1) is 11.8 Å². The Kier molecular flexibility index (Phi) is 4.32. The molecule has 1 aliphatic heterocycles. The van der Waals surface area contributed by atoms with E-state index in [2.05, 4.69) is 5.32 Å². The summed E-state index contributed by atoms with van der Waals surface area (Å²) in [4.78, 5) is 14.5. The number of anilines is 1. The first kappa shape index (κ1) is 16.0. The topological polar surface area (TPSA) is 32.3 Å². The van der Waals surface area contributed by atoms with Crippen LogP contribution in [0.2, 0.25) is 0 Å². The maximum atomic E-state index is 14.1. The molecule has 0 aromatic heterocycles. The summed E-state index contributed by atoms with van der Waals surface area (Å²) < 4.78 is 14.1. The Balaban J connectivity index is 1.61. The molecule has 3 aromatic rings. The molecule has 1 atom stereocenters. The number of fused-ring (bicyclic) bond motifs is 1. The van der Waals surface area contributed by atoms with E-state index in [0.717, 1.165) is 22.2 Å². The summed E-state index contributed by atoms with van der Waals surface area (Å²) in [7, 11) is 0. The largest absolute Gasteiger partial charge is 0.323 e. The van der Waals surface area contributed by atoms with Crippen molar-refractivity contribution >= 4 is 34.3 Å². The van der Waals surface area contributed by atoms with E-state index in [1.54, 1.807) is 34.9 Å². The van der Waals surface area contributed by atoms with Crippen LogP contribution in [-0.2, 0) is 0 Å². The maximum Gasteiger partial charge on any atom is 0.323 e. The van der Waals surface area contributed by atoms with Gasteiger partial charge in [0.05, 0.1) is 5.69 Å². The fourth-order valence-corrected chi connectivity index (χ4v) is 4.41. The number of halogens is 1. The Bertz CT molecular complexity index is 925. The van der Waals surface area contributed by atoms with Crippen LogP contribution in [0, 0.1) is 5.82 Å². The quantitative estimate of drug-likeness (QED) is 0.682. The van der Waals surface area contributed by atoms with E-state index in [9.17, 15) is 9.18 Å². The van der Waals surface area contributed by atoms with Crippen molar-refractivity contribution in [2.45, 2.75) is 5.37 Å². The third kappa shape index (κ3) is 3.07. The van der Waals surface area contributed by atoms with Gasteiger partial charge in [-0.2, -0.15) is 0 Å². The summed E-state index contributed by atoms with van der Waals surface area (Å²) in [5.74, 6) is 0.520. The minimum atomic E-state index is -0.295. The molecular weight excluding hydrogens is 335 g/mol. The van der Waals surface area contributed by atoms with Crippen LogP contribution < -0.4 is 5.32 Å². The lowest BCUT2D eigenvalue weighted by atomic mass is 10.1. The van der Waals surface area contributed by atoms with Gasteiger partial charge >= 0.3 is 6.03 Å². The van der Waals surface area contributed by atoms with E-state index in [0.29, 0.717) is 12.1 Å². The monoisotopic (exact) mass is 352 g/mol. The highest BCUT2D eigenvalue weighted by atomic mass is 32.2. The number of thioether (sulfide) groups is 1. The molecular formula is C20H17FN2OS. The molecule has 1 heterocycles. The van der Waals surface area contributed by atoms with E-state index >= 15 is 0 Å². The Hall–Kier alpha value is -2.53. The van der Waals surface area contributed by atoms with Gasteiger partial charge in [-0.3, -0.25) is 0 Å². The Labute approximate surface area is 149 Å². The smallest absolute Gasteiger partial charge is 0.307 e. The lowest BCUT2D eigenvalue weighted by molar-refractivity contribution is 0.213. The minimum absolute atomic E-state index is 0.199. The molecule has 1 fully saturated rings. The lowest BCUT2D eigenvalue weighted by Gasteiger charge is -2.25. The highest BCUT2D eigenvalue weighted by molar-refractivity contribution is 7.99. The van der Waals surface area contributed by atoms with Gasteiger partial charge in [-0.1, -0.05) is 54.6 Å². The first-order valence-electron chi connectivity index (χ1n) is 8.15. The van der Waals surface area contributed by atoms with E-state index in [1.807, 2.05) is 42.5 Å². The van der Waals surface area contributed by atoms with Crippen LogP contribution >= 0.6 is 11.8 Å². The Morgan fingerprint density at radius 3 is 2.68 bits per heavy atom. The number of carbonyl (C=O) groups excluding carboxylic acids is 1. The summed E-state index contributed by atoms with van der Waals surface area (Å²) in [6.07, 6.45) is 0. The van der Waals surface area contributed by atoms with Crippen molar-refractivity contribution < 1.29 is 9.18 Å². The van der Waals surface area contributed by atoms with E-state index < -0.39 is 0 Å². The van der Waals surface area contributed by atoms with Crippen molar-refractivity contribution in [1.29, 1.82) is 0 Å². The molecule has 0 radical (unpaired) electrons. The van der Waals surface area contributed by atoms with Crippen LogP contribution in [0.1, 0.15) is 10.9 Å². The number of rotatable bonds is 2. The van der Waals surface area contributed by atoms with Gasteiger partial charge in [-0.05, 0) is 17.5 Å². The molecule has 4 rings (SSSR count). The number of carbonyl (C=O) groups is 1. The summed E-state index contributed by atoms with van der Waals surface area (Å²) in [5, 5.41) is 4.77. The number of urea groups is 1. The number of benzene rings is 3. The van der Waals surface area contributed by atoms with Crippen molar-refractivity contribution in [3.05, 3.63) is 78.1 Å². The zero-order valence-electron chi connectivity index (χ0n) is 13.5. The number of amides is 2. The van der Waals surface area contributed by atoms with E-state index in [-0.39, 0.29) is 17.2 Å². The Morgan fingerprint density at radius 2 is 1.80 bits per heavy atom. The highest BCUT2D eigenvalue weighted by Crippen LogP contribution is 2.39. The van der Waals surface area contributed by atoms with Gasteiger partial charge in [0.15, 0.2) is 0 Å². The molecule has 1 N–H and O–H groups in total. The molecule has 3 nitrogen and oxygen atoms in total. The number of nitrogens with one attached hydrogen (secondary N) is 1. The first-order chi connectivity index (χ1) is 12.2. The fraction of sp³-hybridized carbons (Fsp3) is 0.150. The number of hydrogen-bond acceptors (Lipinski definition) is 2. The molecule has 0 spiro atoms. The predicted molar refractivity (Wildman–Crippen MR) is 101 cm³/mol. The van der Waals surface area contributed by atoms with Crippen LogP contribution in [0.5, 0.6) is 0 Å². The van der Waals surface area contributed by atoms with E-state index in [4.69, 9.17) is 0 Å². The van der Waals surface area contributed by atoms with Crippen molar-refractivity contribution in [1.82, 2.24) is 4.90 Å². The van der Waals surface area contributed by atoms with Crippen molar-refractivity contribution in [3.63, 3.8) is 0 Å². The van der Waals surface area contributed by atoms with Crippen LogP contribution in [0.15, 0.2) is 66.7 Å². The fourth-order valence-electron chi connectivity index (χ4n) is 3.13. The molecule has 2 amide bonds. The molecule has 3 aromatic carbocycles. The second-order valence-corrected chi connectivity index (χ2v) is 7.08. The standard InChI is InChI=1S/C20H17FN2OS/c21-17-10-4-3-9-16(17)19-23(12-13-25-19)20(24)22-18-11-5-7-14-6-1-2-8-15(14)18/h1-11,19H,12-13H2,(H,22,24). The van der Waals surface area contributed by atoms with Gasteiger partial charge in [0.1, 0.15) is 11.2 Å². The molecule has 25 heavy (non-hydrogen) atoms. The van der Waals surface area contributed by atoms with E-state index in [1.165, 1.54) is 6.07 Å². The van der Waals surface area contributed by atoms with Crippen molar-refractivity contribution in [2.75, 3.05) is 17.6 Å². The Morgan fingerprint density at radius 1 is 1.04 bits per heavy atom. The molecule has 0 bridgehead atoms. The predicted octanol–water partition coefficient (Wildman–Crippen LogP) is 5.26.